The third-order valence-electron chi connectivity index (χ3n) is 3.26. The molecular weight excluding hydrogens is 334 g/mol. The number of hydrogen-bond acceptors (Lipinski definition) is 5. The lowest BCUT2D eigenvalue weighted by molar-refractivity contribution is 0.297. The van der Waals surface area contributed by atoms with Gasteiger partial charge in [-0.2, -0.15) is 0 Å². The molecule has 1 aliphatic rings. The Morgan fingerprint density at radius 3 is 2.67 bits per heavy atom. The van der Waals surface area contributed by atoms with E-state index in [1.54, 1.807) is 0 Å². The van der Waals surface area contributed by atoms with Crippen molar-refractivity contribution in [3.05, 3.63) is 28.4 Å². The summed E-state index contributed by atoms with van der Waals surface area (Å²) in [6.07, 6.45) is 0.891. The lowest BCUT2D eigenvalue weighted by Crippen LogP contribution is -2.01. The Morgan fingerprint density at radius 2 is 1.90 bits per heavy atom. The van der Waals surface area contributed by atoms with Crippen LogP contribution in [0.15, 0.2) is 22.7 Å². The SMILES string of the molecule is CNc1nc(-c2ccc3c(c2)OCCCO3)nc(C)c1Br. The second-order valence-electron chi connectivity index (χ2n) is 4.76. The zero-order valence-electron chi connectivity index (χ0n) is 11.9. The van der Waals surface area contributed by atoms with E-state index in [0.29, 0.717) is 19.0 Å². The minimum absolute atomic E-state index is 0.663. The van der Waals surface area contributed by atoms with Crippen molar-refractivity contribution >= 4 is 21.7 Å². The third kappa shape index (κ3) is 2.81. The lowest BCUT2D eigenvalue weighted by atomic mass is 10.2. The number of benzene rings is 1. The topological polar surface area (TPSA) is 56.3 Å². The molecule has 0 unspecified atom stereocenters. The van der Waals surface area contributed by atoms with E-state index in [2.05, 4.69) is 31.2 Å². The van der Waals surface area contributed by atoms with Gasteiger partial charge in [0.05, 0.1) is 23.4 Å². The van der Waals surface area contributed by atoms with Crippen LogP contribution in [-0.4, -0.2) is 30.2 Å². The molecule has 0 radical (unpaired) electrons. The molecule has 2 aromatic rings. The van der Waals surface area contributed by atoms with Crippen LogP contribution >= 0.6 is 15.9 Å². The molecule has 2 heterocycles. The Kier molecular flexibility index (Phi) is 3.96. The summed E-state index contributed by atoms with van der Waals surface area (Å²) in [7, 11) is 1.84. The molecule has 3 rings (SSSR count). The van der Waals surface area contributed by atoms with E-state index in [1.165, 1.54) is 0 Å². The second kappa shape index (κ2) is 5.89. The Balaban J connectivity index is 2.04. The van der Waals surface area contributed by atoms with Gasteiger partial charge in [-0.1, -0.05) is 0 Å². The highest BCUT2D eigenvalue weighted by molar-refractivity contribution is 9.10. The molecule has 0 spiro atoms. The van der Waals surface area contributed by atoms with Gasteiger partial charge in [-0.25, -0.2) is 9.97 Å². The Labute approximate surface area is 131 Å². The van der Waals surface area contributed by atoms with Crippen LogP contribution in [0.5, 0.6) is 11.5 Å². The average Bonchev–Trinajstić information content (AvgIpc) is 2.74. The number of aryl methyl sites for hydroxylation is 1. The predicted molar refractivity (Wildman–Crippen MR) is 85.1 cm³/mol. The number of rotatable bonds is 2. The molecule has 0 amide bonds. The van der Waals surface area contributed by atoms with Crippen LogP contribution in [0, 0.1) is 6.92 Å². The quantitative estimate of drug-likeness (QED) is 0.900. The van der Waals surface area contributed by atoms with Gasteiger partial charge >= 0.3 is 0 Å². The molecule has 21 heavy (non-hydrogen) atoms. The van der Waals surface area contributed by atoms with Crippen LogP contribution < -0.4 is 14.8 Å². The highest BCUT2D eigenvalue weighted by atomic mass is 79.9. The molecule has 1 aliphatic heterocycles. The predicted octanol–water partition coefficient (Wildman–Crippen LogP) is 3.42. The van der Waals surface area contributed by atoms with Crippen molar-refractivity contribution < 1.29 is 9.47 Å². The van der Waals surface area contributed by atoms with Crippen LogP contribution in [0.1, 0.15) is 12.1 Å². The summed E-state index contributed by atoms with van der Waals surface area (Å²) >= 11 is 3.49. The van der Waals surface area contributed by atoms with E-state index in [9.17, 15) is 0 Å². The fraction of sp³-hybridized carbons (Fsp3) is 0.333. The zero-order valence-corrected chi connectivity index (χ0v) is 13.5. The van der Waals surface area contributed by atoms with Gasteiger partial charge in [-0.15, -0.1) is 0 Å². The van der Waals surface area contributed by atoms with Gasteiger partial charge in [0.25, 0.3) is 0 Å². The molecule has 0 saturated carbocycles. The van der Waals surface area contributed by atoms with E-state index in [4.69, 9.17) is 9.47 Å². The van der Waals surface area contributed by atoms with Gasteiger partial charge in [-0.05, 0) is 41.1 Å². The molecule has 1 N–H and O–H groups in total. The van der Waals surface area contributed by atoms with E-state index < -0.39 is 0 Å². The number of fused-ring (bicyclic) bond motifs is 1. The number of anilines is 1. The van der Waals surface area contributed by atoms with Crippen LogP contribution in [0.25, 0.3) is 11.4 Å². The summed E-state index contributed by atoms with van der Waals surface area (Å²) in [5, 5.41) is 3.06. The minimum Gasteiger partial charge on any atom is -0.490 e. The van der Waals surface area contributed by atoms with E-state index in [-0.39, 0.29) is 0 Å². The van der Waals surface area contributed by atoms with Crippen LogP contribution in [0.2, 0.25) is 0 Å². The molecule has 0 fully saturated rings. The largest absolute Gasteiger partial charge is 0.490 e. The van der Waals surface area contributed by atoms with Gasteiger partial charge in [0.2, 0.25) is 0 Å². The highest BCUT2D eigenvalue weighted by Crippen LogP contribution is 2.34. The van der Waals surface area contributed by atoms with E-state index >= 15 is 0 Å². The van der Waals surface area contributed by atoms with Crippen molar-refractivity contribution in [3.63, 3.8) is 0 Å². The maximum absolute atomic E-state index is 5.72. The first-order valence-electron chi connectivity index (χ1n) is 6.81. The van der Waals surface area contributed by atoms with Crippen molar-refractivity contribution in [1.29, 1.82) is 0 Å². The maximum atomic E-state index is 5.72. The summed E-state index contributed by atoms with van der Waals surface area (Å²) in [6.45, 7) is 3.29. The normalized spacial score (nSPS) is 13.7. The third-order valence-corrected chi connectivity index (χ3v) is 4.21. The maximum Gasteiger partial charge on any atom is 0.161 e. The number of halogens is 1. The van der Waals surface area contributed by atoms with E-state index in [0.717, 1.165) is 39.5 Å². The number of nitrogens with zero attached hydrogens (tertiary/aromatic N) is 2. The summed E-state index contributed by atoms with van der Waals surface area (Å²) < 4.78 is 12.2. The Hall–Kier alpha value is -1.82. The number of ether oxygens (including phenoxy) is 2. The average molecular weight is 350 g/mol. The first-order valence-corrected chi connectivity index (χ1v) is 7.60. The van der Waals surface area contributed by atoms with Gasteiger partial charge in [0, 0.05) is 19.0 Å². The molecule has 0 saturated heterocycles. The van der Waals surface area contributed by atoms with Crippen LogP contribution in [-0.2, 0) is 0 Å². The second-order valence-corrected chi connectivity index (χ2v) is 5.55. The van der Waals surface area contributed by atoms with Gasteiger partial charge in [0.1, 0.15) is 5.82 Å². The Bertz CT molecular complexity index is 676. The van der Waals surface area contributed by atoms with Crippen molar-refractivity contribution in [1.82, 2.24) is 9.97 Å². The number of nitrogens with one attached hydrogen (secondary N) is 1. The highest BCUT2D eigenvalue weighted by Gasteiger charge is 2.14. The van der Waals surface area contributed by atoms with E-state index in [1.807, 2.05) is 32.2 Å². The summed E-state index contributed by atoms with van der Waals surface area (Å²) in [5.41, 5.74) is 1.79. The summed E-state index contributed by atoms with van der Waals surface area (Å²) in [5.74, 6) is 2.96. The smallest absolute Gasteiger partial charge is 0.161 e. The molecule has 1 aromatic heterocycles. The molecule has 6 heteroatoms. The zero-order chi connectivity index (χ0) is 14.8. The summed E-state index contributed by atoms with van der Waals surface area (Å²) in [4.78, 5) is 9.06. The van der Waals surface area contributed by atoms with Gasteiger partial charge in [0.15, 0.2) is 17.3 Å². The van der Waals surface area contributed by atoms with Crippen molar-refractivity contribution in [3.8, 4) is 22.9 Å². The molecular formula is C15H16BrN3O2. The number of hydrogen-bond donors (Lipinski definition) is 1. The Morgan fingerprint density at radius 1 is 1.14 bits per heavy atom. The molecule has 0 bridgehead atoms. The standard InChI is InChI=1S/C15H16BrN3O2/c1-9-13(16)15(17-2)19-14(18-9)10-4-5-11-12(8-10)21-7-3-6-20-11/h4-5,8H,3,6-7H2,1-2H3,(H,17,18,19). The molecule has 0 atom stereocenters. The molecule has 0 aliphatic carbocycles. The van der Waals surface area contributed by atoms with Gasteiger partial charge < -0.3 is 14.8 Å². The number of aromatic nitrogens is 2. The van der Waals surface area contributed by atoms with Crippen LogP contribution in [0.3, 0.4) is 0 Å². The first-order chi connectivity index (χ1) is 10.2. The van der Waals surface area contributed by atoms with Crippen LogP contribution in [0.4, 0.5) is 5.82 Å². The fourth-order valence-corrected chi connectivity index (χ4v) is 2.53. The minimum atomic E-state index is 0.663. The van der Waals surface area contributed by atoms with Crippen molar-refractivity contribution in [2.45, 2.75) is 13.3 Å². The molecule has 1 aromatic carbocycles. The lowest BCUT2D eigenvalue weighted by Gasteiger charge is -2.11. The fourth-order valence-electron chi connectivity index (χ4n) is 2.16. The van der Waals surface area contributed by atoms with Crippen molar-refractivity contribution in [2.75, 3.05) is 25.6 Å². The first kappa shape index (κ1) is 14.1. The van der Waals surface area contributed by atoms with Gasteiger partial charge in [-0.3, -0.25) is 0 Å². The monoisotopic (exact) mass is 349 g/mol. The van der Waals surface area contributed by atoms with Crippen molar-refractivity contribution in [2.24, 2.45) is 0 Å². The molecule has 5 nitrogen and oxygen atoms in total. The summed E-state index contributed by atoms with van der Waals surface area (Å²) in [6, 6.07) is 5.80. The molecule has 110 valence electrons.